The number of rotatable bonds is 7. The summed E-state index contributed by atoms with van der Waals surface area (Å²) in [7, 11) is 0. The van der Waals surface area contributed by atoms with E-state index < -0.39 is 0 Å². The van der Waals surface area contributed by atoms with E-state index >= 15 is 0 Å². The number of hydrogen-bond acceptors (Lipinski definition) is 3. The lowest BCUT2D eigenvalue weighted by Crippen LogP contribution is -2.50. The summed E-state index contributed by atoms with van der Waals surface area (Å²) in [5.41, 5.74) is 0.691. The van der Waals surface area contributed by atoms with E-state index in [9.17, 15) is 4.79 Å². The SMILES string of the molecule is CCCCCN1CCN(C(=O)Nc2ccccc2Oc2ccccc2)CC1. The Labute approximate surface area is 161 Å². The van der Waals surface area contributed by atoms with Gasteiger partial charge in [-0.3, -0.25) is 4.90 Å². The minimum absolute atomic E-state index is 0.0627. The molecule has 0 aromatic heterocycles. The molecule has 5 nitrogen and oxygen atoms in total. The van der Waals surface area contributed by atoms with Gasteiger partial charge in [0.15, 0.2) is 5.75 Å². The number of carbonyl (C=O) groups excluding carboxylic acids is 1. The number of piperazine rings is 1. The average Bonchev–Trinajstić information content (AvgIpc) is 2.71. The van der Waals surface area contributed by atoms with Gasteiger partial charge in [-0.1, -0.05) is 50.1 Å². The number of unbranched alkanes of at least 4 members (excludes halogenated alkanes) is 2. The van der Waals surface area contributed by atoms with Gasteiger partial charge < -0.3 is 15.0 Å². The summed E-state index contributed by atoms with van der Waals surface area (Å²) < 4.78 is 5.93. The van der Waals surface area contributed by atoms with Crippen LogP contribution in [-0.2, 0) is 0 Å². The second-order valence-electron chi connectivity index (χ2n) is 6.88. The zero-order valence-corrected chi connectivity index (χ0v) is 16.1. The molecular formula is C22H29N3O2. The monoisotopic (exact) mass is 367 g/mol. The third-order valence-corrected chi connectivity index (χ3v) is 4.84. The summed E-state index contributed by atoms with van der Waals surface area (Å²) in [6, 6.07) is 17.1. The first-order chi connectivity index (χ1) is 13.3. The van der Waals surface area contributed by atoms with Gasteiger partial charge in [0.1, 0.15) is 5.75 Å². The predicted octanol–water partition coefficient (Wildman–Crippen LogP) is 4.82. The molecule has 0 radical (unpaired) electrons. The fourth-order valence-electron chi connectivity index (χ4n) is 3.23. The Balaban J connectivity index is 1.54. The fourth-order valence-corrected chi connectivity index (χ4v) is 3.23. The molecule has 5 heteroatoms. The van der Waals surface area contributed by atoms with E-state index in [4.69, 9.17) is 4.74 Å². The molecule has 0 atom stereocenters. The Hall–Kier alpha value is -2.53. The van der Waals surface area contributed by atoms with E-state index in [2.05, 4.69) is 17.1 Å². The van der Waals surface area contributed by atoms with Crippen molar-refractivity contribution in [2.45, 2.75) is 26.2 Å². The molecule has 0 unspecified atom stereocenters. The van der Waals surface area contributed by atoms with Crippen molar-refractivity contribution in [3.63, 3.8) is 0 Å². The van der Waals surface area contributed by atoms with Gasteiger partial charge in [0.25, 0.3) is 0 Å². The van der Waals surface area contributed by atoms with Crippen LogP contribution in [0.3, 0.4) is 0 Å². The molecule has 3 rings (SSSR count). The largest absolute Gasteiger partial charge is 0.455 e. The smallest absolute Gasteiger partial charge is 0.322 e. The van der Waals surface area contributed by atoms with Crippen molar-refractivity contribution in [1.82, 2.24) is 9.80 Å². The minimum Gasteiger partial charge on any atom is -0.455 e. The van der Waals surface area contributed by atoms with Gasteiger partial charge in [0.2, 0.25) is 0 Å². The summed E-state index contributed by atoms with van der Waals surface area (Å²) in [5, 5.41) is 3.01. The van der Waals surface area contributed by atoms with Crippen molar-refractivity contribution in [1.29, 1.82) is 0 Å². The highest BCUT2D eigenvalue weighted by Gasteiger charge is 2.21. The van der Waals surface area contributed by atoms with E-state index in [0.29, 0.717) is 11.4 Å². The number of urea groups is 1. The molecular weight excluding hydrogens is 338 g/mol. The highest BCUT2D eigenvalue weighted by molar-refractivity contribution is 5.91. The molecule has 1 aliphatic heterocycles. The van der Waals surface area contributed by atoms with Crippen LogP contribution in [0.1, 0.15) is 26.2 Å². The van der Waals surface area contributed by atoms with Crippen LogP contribution in [0.25, 0.3) is 0 Å². The third kappa shape index (κ3) is 5.73. The van der Waals surface area contributed by atoms with E-state index in [1.165, 1.54) is 19.3 Å². The number of anilines is 1. The van der Waals surface area contributed by atoms with E-state index in [-0.39, 0.29) is 6.03 Å². The molecule has 1 N–H and O–H groups in total. The van der Waals surface area contributed by atoms with Crippen LogP contribution >= 0.6 is 0 Å². The molecule has 2 aromatic rings. The number of nitrogens with zero attached hydrogens (tertiary/aromatic N) is 2. The Morgan fingerprint density at radius 3 is 2.41 bits per heavy atom. The summed E-state index contributed by atoms with van der Waals surface area (Å²) in [6.07, 6.45) is 3.76. The van der Waals surface area contributed by atoms with Gasteiger partial charge in [-0.2, -0.15) is 0 Å². The first-order valence-corrected chi connectivity index (χ1v) is 9.86. The van der Waals surface area contributed by atoms with Crippen molar-refractivity contribution in [3.05, 3.63) is 54.6 Å². The molecule has 1 aliphatic rings. The predicted molar refractivity (Wildman–Crippen MR) is 110 cm³/mol. The van der Waals surface area contributed by atoms with Gasteiger partial charge in [-0.05, 0) is 37.2 Å². The topological polar surface area (TPSA) is 44.8 Å². The van der Waals surface area contributed by atoms with Crippen LogP contribution < -0.4 is 10.1 Å². The van der Waals surface area contributed by atoms with E-state index in [1.807, 2.05) is 59.5 Å². The van der Waals surface area contributed by atoms with Crippen molar-refractivity contribution in [3.8, 4) is 11.5 Å². The van der Waals surface area contributed by atoms with Gasteiger partial charge in [-0.15, -0.1) is 0 Å². The van der Waals surface area contributed by atoms with Gasteiger partial charge >= 0.3 is 6.03 Å². The van der Waals surface area contributed by atoms with E-state index in [0.717, 1.165) is 38.5 Å². The molecule has 0 spiro atoms. The molecule has 1 heterocycles. The second-order valence-corrected chi connectivity index (χ2v) is 6.88. The summed E-state index contributed by atoms with van der Waals surface area (Å²) in [4.78, 5) is 17.0. The lowest BCUT2D eigenvalue weighted by molar-refractivity contribution is 0.146. The number of nitrogens with one attached hydrogen (secondary N) is 1. The first-order valence-electron chi connectivity index (χ1n) is 9.86. The molecule has 0 aliphatic carbocycles. The standard InChI is InChI=1S/C22H29N3O2/c1-2-3-9-14-24-15-17-25(18-16-24)22(26)23-20-12-7-8-13-21(20)27-19-10-5-4-6-11-19/h4-8,10-13H,2-3,9,14-18H2,1H3,(H,23,26). The van der Waals surface area contributed by atoms with Gasteiger partial charge in [-0.25, -0.2) is 4.79 Å². The molecule has 0 saturated carbocycles. The number of hydrogen-bond donors (Lipinski definition) is 1. The third-order valence-electron chi connectivity index (χ3n) is 4.84. The summed E-state index contributed by atoms with van der Waals surface area (Å²) >= 11 is 0. The van der Waals surface area contributed by atoms with Crippen LogP contribution in [0.2, 0.25) is 0 Å². The summed E-state index contributed by atoms with van der Waals surface area (Å²) in [5.74, 6) is 1.40. The zero-order valence-electron chi connectivity index (χ0n) is 16.1. The molecule has 1 fully saturated rings. The number of carbonyl (C=O) groups is 1. The molecule has 1 saturated heterocycles. The fraction of sp³-hybridized carbons (Fsp3) is 0.409. The number of para-hydroxylation sites is 3. The second kappa shape index (κ2) is 9.97. The van der Waals surface area contributed by atoms with Crippen molar-refractivity contribution in [2.24, 2.45) is 0 Å². The first kappa shape index (κ1) is 19.2. The van der Waals surface area contributed by atoms with Crippen LogP contribution in [-0.4, -0.2) is 48.6 Å². The van der Waals surface area contributed by atoms with Crippen molar-refractivity contribution in [2.75, 3.05) is 38.0 Å². The average molecular weight is 367 g/mol. The Bertz CT molecular complexity index is 713. The van der Waals surface area contributed by atoms with Gasteiger partial charge in [0, 0.05) is 26.2 Å². The molecule has 0 bridgehead atoms. The number of ether oxygens (including phenoxy) is 1. The van der Waals surface area contributed by atoms with Crippen LogP contribution in [0.4, 0.5) is 10.5 Å². The quantitative estimate of drug-likeness (QED) is 0.714. The van der Waals surface area contributed by atoms with Crippen LogP contribution in [0.5, 0.6) is 11.5 Å². The maximum atomic E-state index is 12.7. The molecule has 2 aromatic carbocycles. The number of benzene rings is 2. The van der Waals surface area contributed by atoms with Crippen molar-refractivity contribution < 1.29 is 9.53 Å². The maximum Gasteiger partial charge on any atom is 0.322 e. The van der Waals surface area contributed by atoms with Crippen LogP contribution in [0.15, 0.2) is 54.6 Å². The lowest BCUT2D eigenvalue weighted by atomic mass is 10.2. The highest BCUT2D eigenvalue weighted by Crippen LogP contribution is 2.29. The minimum atomic E-state index is -0.0627. The molecule has 27 heavy (non-hydrogen) atoms. The lowest BCUT2D eigenvalue weighted by Gasteiger charge is -2.34. The van der Waals surface area contributed by atoms with E-state index in [1.54, 1.807) is 0 Å². The number of amides is 2. The summed E-state index contributed by atoms with van der Waals surface area (Å²) in [6.45, 7) is 6.77. The zero-order chi connectivity index (χ0) is 18.9. The van der Waals surface area contributed by atoms with Crippen LogP contribution in [0, 0.1) is 0 Å². The van der Waals surface area contributed by atoms with Crippen molar-refractivity contribution >= 4 is 11.7 Å². The normalized spacial score (nSPS) is 14.8. The molecule has 2 amide bonds. The molecule has 144 valence electrons. The van der Waals surface area contributed by atoms with Gasteiger partial charge in [0.05, 0.1) is 5.69 Å². The Morgan fingerprint density at radius 1 is 0.963 bits per heavy atom. The Morgan fingerprint density at radius 2 is 1.67 bits per heavy atom. The Kier molecular flexibility index (Phi) is 7.11. The maximum absolute atomic E-state index is 12.7. The highest BCUT2D eigenvalue weighted by atomic mass is 16.5.